The predicted octanol–water partition coefficient (Wildman–Crippen LogP) is 2.13. The van der Waals surface area contributed by atoms with Gasteiger partial charge < -0.3 is 10.6 Å². The molecule has 2 N–H and O–H groups in total. The van der Waals surface area contributed by atoms with Crippen LogP contribution in [0.4, 0.5) is 15.9 Å². The highest BCUT2D eigenvalue weighted by atomic mass is 32.2. The van der Waals surface area contributed by atoms with Gasteiger partial charge in [0.05, 0.1) is 5.52 Å². The van der Waals surface area contributed by atoms with Crippen LogP contribution in [0.25, 0.3) is 10.9 Å². The van der Waals surface area contributed by atoms with Crippen LogP contribution in [-0.2, 0) is 5.66 Å². The molecule has 1 fully saturated rings. The van der Waals surface area contributed by atoms with Gasteiger partial charge in [-0.15, -0.1) is 0 Å². The van der Waals surface area contributed by atoms with Crippen molar-refractivity contribution >= 4 is 40.1 Å². The SMILES string of the molecule is Cc1cc(Nc2ncnc3ccc(F)cc23)c(=O)n2c1C(=O)NC21CSC1. The highest BCUT2D eigenvalue weighted by molar-refractivity contribution is 8.00. The summed E-state index contributed by atoms with van der Waals surface area (Å²) in [5.74, 6) is 0.992. The second-order valence-corrected chi connectivity index (χ2v) is 7.70. The van der Waals surface area contributed by atoms with E-state index in [1.54, 1.807) is 35.4 Å². The Labute approximate surface area is 157 Å². The molecule has 0 bridgehead atoms. The molecule has 1 saturated heterocycles. The fraction of sp³-hybridized carbons (Fsp3) is 0.222. The summed E-state index contributed by atoms with van der Waals surface area (Å²) in [4.78, 5) is 33.8. The summed E-state index contributed by atoms with van der Waals surface area (Å²) in [5, 5.41) is 6.43. The van der Waals surface area contributed by atoms with E-state index < -0.39 is 11.5 Å². The number of anilines is 2. The van der Waals surface area contributed by atoms with E-state index in [-0.39, 0.29) is 17.2 Å². The number of carbonyl (C=O) groups excluding carboxylic acids is 1. The van der Waals surface area contributed by atoms with Crippen molar-refractivity contribution in [3.05, 3.63) is 58.0 Å². The van der Waals surface area contributed by atoms with Crippen LogP contribution in [0.15, 0.2) is 35.4 Å². The van der Waals surface area contributed by atoms with Crippen molar-refractivity contribution < 1.29 is 9.18 Å². The minimum atomic E-state index is -0.656. The van der Waals surface area contributed by atoms with Gasteiger partial charge in [0.2, 0.25) is 0 Å². The summed E-state index contributed by atoms with van der Waals surface area (Å²) in [7, 11) is 0. The zero-order valence-corrected chi connectivity index (χ0v) is 15.1. The zero-order valence-electron chi connectivity index (χ0n) is 14.2. The Bertz CT molecular complexity index is 1190. The van der Waals surface area contributed by atoms with E-state index in [4.69, 9.17) is 0 Å². The summed E-state index contributed by atoms with van der Waals surface area (Å²) in [5.41, 5.74) is 0.967. The third-order valence-electron chi connectivity index (χ3n) is 4.91. The summed E-state index contributed by atoms with van der Waals surface area (Å²) >= 11 is 1.67. The van der Waals surface area contributed by atoms with Gasteiger partial charge in [-0.05, 0) is 36.8 Å². The van der Waals surface area contributed by atoms with E-state index in [0.29, 0.717) is 39.5 Å². The number of pyridine rings is 1. The van der Waals surface area contributed by atoms with E-state index in [1.807, 2.05) is 0 Å². The maximum atomic E-state index is 13.7. The number of halogens is 1. The normalized spacial score (nSPS) is 16.9. The fourth-order valence-corrected chi connectivity index (χ4v) is 4.60. The lowest BCUT2D eigenvalue weighted by Crippen LogP contribution is -2.57. The first-order valence-corrected chi connectivity index (χ1v) is 9.49. The average Bonchev–Trinajstić information content (AvgIpc) is 2.94. The van der Waals surface area contributed by atoms with Gasteiger partial charge in [0.1, 0.15) is 35.0 Å². The molecule has 7 nitrogen and oxygen atoms in total. The standard InChI is InChI=1S/C18H14FN5O2S/c1-9-4-13(17(26)24-14(9)16(25)23-18(24)6-27-7-18)22-15-11-5-10(19)2-3-12(11)20-8-21-15/h2-5,8H,6-7H2,1H3,(H,23,25)(H,20,21,22). The number of benzene rings is 1. The van der Waals surface area contributed by atoms with Crippen molar-refractivity contribution in [2.45, 2.75) is 12.6 Å². The third kappa shape index (κ3) is 2.27. The molecule has 0 unspecified atom stereocenters. The number of hydrogen-bond acceptors (Lipinski definition) is 6. The Morgan fingerprint density at radius 2 is 2.07 bits per heavy atom. The molecule has 5 rings (SSSR count). The monoisotopic (exact) mass is 383 g/mol. The van der Waals surface area contributed by atoms with Gasteiger partial charge in [0, 0.05) is 16.9 Å². The summed E-state index contributed by atoms with van der Waals surface area (Å²) < 4.78 is 15.2. The van der Waals surface area contributed by atoms with Crippen LogP contribution >= 0.6 is 11.8 Å². The highest BCUT2D eigenvalue weighted by Crippen LogP contribution is 2.38. The number of rotatable bonds is 2. The summed E-state index contributed by atoms with van der Waals surface area (Å²) in [6.45, 7) is 1.79. The van der Waals surface area contributed by atoms with Crippen LogP contribution in [0.1, 0.15) is 16.1 Å². The van der Waals surface area contributed by atoms with E-state index in [0.717, 1.165) is 0 Å². The molecule has 27 heavy (non-hydrogen) atoms. The van der Waals surface area contributed by atoms with Gasteiger partial charge in [-0.3, -0.25) is 14.2 Å². The van der Waals surface area contributed by atoms with Crippen molar-refractivity contribution in [3.63, 3.8) is 0 Å². The van der Waals surface area contributed by atoms with Crippen molar-refractivity contribution in [1.82, 2.24) is 19.9 Å². The van der Waals surface area contributed by atoms with Crippen molar-refractivity contribution in [2.24, 2.45) is 0 Å². The van der Waals surface area contributed by atoms with E-state index in [2.05, 4.69) is 20.6 Å². The number of thioether (sulfide) groups is 1. The minimum Gasteiger partial charge on any atom is -0.335 e. The number of hydrogen-bond donors (Lipinski definition) is 2. The quantitative estimate of drug-likeness (QED) is 0.705. The third-order valence-corrected chi connectivity index (χ3v) is 6.28. The minimum absolute atomic E-state index is 0.231. The largest absolute Gasteiger partial charge is 0.335 e. The lowest BCUT2D eigenvalue weighted by atomic mass is 10.1. The molecule has 1 aromatic carbocycles. The molecule has 1 amide bonds. The number of amides is 1. The van der Waals surface area contributed by atoms with E-state index in [1.165, 1.54) is 18.5 Å². The van der Waals surface area contributed by atoms with Crippen molar-refractivity contribution in [3.8, 4) is 0 Å². The van der Waals surface area contributed by atoms with Crippen LogP contribution in [0, 0.1) is 12.7 Å². The lowest BCUT2D eigenvalue weighted by molar-refractivity contribution is 0.0934. The van der Waals surface area contributed by atoms with E-state index in [9.17, 15) is 14.0 Å². The molecule has 1 spiro atoms. The molecule has 0 atom stereocenters. The molecular formula is C18H14FN5O2S. The van der Waals surface area contributed by atoms with Crippen molar-refractivity contribution in [1.29, 1.82) is 0 Å². The Balaban J connectivity index is 1.67. The Morgan fingerprint density at radius 3 is 2.81 bits per heavy atom. The van der Waals surface area contributed by atoms with Crippen LogP contribution in [0.3, 0.4) is 0 Å². The number of nitrogens with one attached hydrogen (secondary N) is 2. The van der Waals surface area contributed by atoms with Gasteiger partial charge in [0.25, 0.3) is 11.5 Å². The Kier molecular flexibility index (Phi) is 3.33. The number of nitrogens with zero attached hydrogens (tertiary/aromatic N) is 3. The number of carbonyl (C=O) groups is 1. The number of aromatic nitrogens is 3. The lowest BCUT2D eigenvalue weighted by Gasteiger charge is -2.38. The van der Waals surface area contributed by atoms with Gasteiger partial charge in [-0.1, -0.05) is 0 Å². The van der Waals surface area contributed by atoms with E-state index >= 15 is 0 Å². The van der Waals surface area contributed by atoms with Gasteiger partial charge in [-0.2, -0.15) is 11.8 Å². The molecule has 0 radical (unpaired) electrons. The second-order valence-electron chi connectivity index (χ2n) is 6.72. The molecule has 2 aliphatic heterocycles. The summed E-state index contributed by atoms with van der Waals surface area (Å²) in [6, 6.07) is 5.83. The first-order chi connectivity index (χ1) is 13.0. The van der Waals surface area contributed by atoms with Crippen LogP contribution < -0.4 is 16.2 Å². The molecule has 2 aliphatic rings. The van der Waals surface area contributed by atoms with Crippen LogP contribution in [-0.4, -0.2) is 31.9 Å². The molecule has 2 aromatic heterocycles. The topological polar surface area (TPSA) is 88.9 Å². The summed E-state index contributed by atoms with van der Waals surface area (Å²) in [6.07, 6.45) is 1.36. The molecule has 0 aliphatic carbocycles. The average molecular weight is 383 g/mol. The smallest absolute Gasteiger partial charge is 0.276 e. The Hall–Kier alpha value is -2.94. The first-order valence-electron chi connectivity index (χ1n) is 8.33. The molecule has 0 saturated carbocycles. The number of fused-ring (bicyclic) bond motifs is 3. The Morgan fingerprint density at radius 1 is 1.26 bits per heavy atom. The van der Waals surface area contributed by atoms with Crippen molar-refractivity contribution in [2.75, 3.05) is 16.8 Å². The fourth-order valence-electron chi connectivity index (χ4n) is 3.60. The molecule has 4 heterocycles. The van der Waals surface area contributed by atoms with Gasteiger partial charge in [0.15, 0.2) is 0 Å². The van der Waals surface area contributed by atoms with Gasteiger partial charge >= 0.3 is 0 Å². The van der Waals surface area contributed by atoms with Crippen LogP contribution in [0.5, 0.6) is 0 Å². The maximum Gasteiger partial charge on any atom is 0.276 e. The zero-order chi connectivity index (χ0) is 18.8. The van der Waals surface area contributed by atoms with Crippen LogP contribution in [0.2, 0.25) is 0 Å². The predicted molar refractivity (Wildman–Crippen MR) is 101 cm³/mol. The second kappa shape index (κ2) is 5.53. The number of aryl methyl sites for hydroxylation is 1. The molecular weight excluding hydrogens is 369 g/mol. The molecule has 3 aromatic rings. The first kappa shape index (κ1) is 16.2. The highest BCUT2D eigenvalue weighted by Gasteiger charge is 2.49. The molecule has 136 valence electrons. The van der Waals surface area contributed by atoms with Gasteiger partial charge in [-0.25, -0.2) is 14.4 Å². The maximum absolute atomic E-state index is 13.7. The molecule has 9 heteroatoms.